The largest absolute Gasteiger partial charge is 0.382 e. The number of nitrogens with one attached hydrogen (secondary N) is 1. The smallest absolute Gasteiger partial charge is 0.108 e. The fourth-order valence-corrected chi connectivity index (χ4v) is 1.77. The second-order valence-corrected chi connectivity index (χ2v) is 4.86. The first kappa shape index (κ1) is 13.7. The summed E-state index contributed by atoms with van der Waals surface area (Å²) in [7, 11) is 0. The fourth-order valence-electron chi connectivity index (χ4n) is 1.77. The van der Waals surface area contributed by atoms with E-state index in [-0.39, 0.29) is 0 Å². The minimum absolute atomic E-state index is 0.478. The molecule has 17 heavy (non-hydrogen) atoms. The molecule has 1 rings (SSSR count). The Kier molecular flexibility index (Phi) is 5.67. The van der Waals surface area contributed by atoms with Gasteiger partial charge in [-0.25, -0.2) is 0 Å². The monoisotopic (exact) mass is 234 g/mol. The minimum atomic E-state index is 0.478. The van der Waals surface area contributed by atoms with E-state index in [1.54, 1.807) is 12.1 Å². The van der Waals surface area contributed by atoms with Crippen molar-refractivity contribution in [3.8, 4) is 0 Å². The molecule has 1 aromatic carbocycles. The summed E-state index contributed by atoms with van der Waals surface area (Å²) in [6.45, 7) is 6.69. The Morgan fingerprint density at radius 2 is 1.82 bits per heavy atom. The Morgan fingerprint density at radius 3 is 2.29 bits per heavy atom. The van der Waals surface area contributed by atoms with Gasteiger partial charge in [0.25, 0.3) is 0 Å². The van der Waals surface area contributed by atoms with Gasteiger partial charge in [0, 0.05) is 11.7 Å². The zero-order chi connectivity index (χ0) is 12.7. The Bertz CT molecular complexity index is 333. The van der Waals surface area contributed by atoms with E-state index in [0.717, 1.165) is 18.0 Å². The maximum Gasteiger partial charge on any atom is 0.108 e. The SMILES string of the molecule is CCC(CCC(C)C)Nc1ccc(N=O)cc1. The van der Waals surface area contributed by atoms with E-state index in [9.17, 15) is 4.91 Å². The van der Waals surface area contributed by atoms with Crippen LogP contribution in [0.15, 0.2) is 29.4 Å². The van der Waals surface area contributed by atoms with Crippen LogP contribution in [0.3, 0.4) is 0 Å². The lowest BCUT2D eigenvalue weighted by Gasteiger charge is -2.19. The molecule has 0 saturated heterocycles. The molecule has 1 N–H and O–H groups in total. The van der Waals surface area contributed by atoms with Crippen LogP contribution in [0.4, 0.5) is 11.4 Å². The molecule has 0 heterocycles. The fraction of sp³-hybridized carbons (Fsp3) is 0.571. The molecule has 3 nitrogen and oxygen atoms in total. The van der Waals surface area contributed by atoms with E-state index >= 15 is 0 Å². The lowest BCUT2D eigenvalue weighted by atomic mass is 10.0. The summed E-state index contributed by atoms with van der Waals surface area (Å²) in [6.07, 6.45) is 3.53. The van der Waals surface area contributed by atoms with Crippen molar-refractivity contribution in [3.63, 3.8) is 0 Å². The summed E-state index contributed by atoms with van der Waals surface area (Å²) in [4.78, 5) is 10.3. The van der Waals surface area contributed by atoms with Gasteiger partial charge in [-0.15, -0.1) is 4.91 Å². The van der Waals surface area contributed by atoms with Gasteiger partial charge in [0.1, 0.15) is 5.69 Å². The van der Waals surface area contributed by atoms with Gasteiger partial charge in [-0.05, 0) is 54.6 Å². The van der Waals surface area contributed by atoms with Crippen molar-refractivity contribution in [2.45, 2.75) is 46.1 Å². The van der Waals surface area contributed by atoms with Gasteiger partial charge in [0.05, 0.1) is 0 Å². The maximum atomic E-state index is 10.3. The average Bonchev–Trinajstić information content (AvgIpc) is 2.35. The van der Waals surface area contributed by atoms with Gasteiger partial charge in [0.15, 0.2) is 0 Å². The summed E-state index contributed by atoms with van der Waals surface area (Å²) >= 11 is 0. The van der Waals surface area contributed by atoms with Crippen LogP contribution in [-0.4, -0.2) is 6.04 Å². The molecule has 94 valence electrons. The summed E-state index contributed by atoms with van der Waals surface area (Å²) in [5.74, 6) is 0.743. The second kappa shape index (κ2) is 7.05. The van der Waals surface area contributed by atoms with Crippen LogP contribution in [0.5, 0.6) is 0 Å². The summed E-state index contributed by atoms with van der Waals surface area (Å²) in [5.41, 5.74) is 1.54. The Morgan fingerprint density at radius 1 is 1.18 bits per heavy atom. The van der Waals surface area contributed by atoms with Crippen LogP contribution < -0.4 is 5.32 Å². The van der Waals surface area contributed by atoms with Crippen molar-refractivity contribution in [1.29, 1.82) is 0 Å². The average molecular weight is 234 g/mol. The van der Waals surface area contributed by atoms with E-state index in [0.29, 0.717) is 11.7 Å². The van der Waals surface area contributed by atoms with E-state index in [1.807, 2.05) is 12.1 Å². The molecule has 1 unspecified atom stereocenters. The highest BCUT2D eigenvalue weighted by atomic mass is 16.3. The molecule has 1 aromatic rings. The first-order valence-electron chi connectivity index (χ1n) is 6.35. The van der Waals surface area contributed by atoms with Crippen LogP contribution in [0.1, 0.15) is 40.0 Å². The van der Waals surface area contributed by atoms with E-state index in [1.165, 1.54) is 12.8 Å². The number of anilines is 1. The van der Waals surface area contributed by atoms with Gasteiger partial charge in [-0.3, -0.25) is 0 Å². The van der Waals surface area contributed by atoms with Crippen molar-refractivity contribution in [2.75, 3.05) is 5.32 Å². The van der Waals surface area contributed by atoms with E-state index < -0.39 is 0 Å². The third-order valence-electron chi connectivity index (χ3n) is 2.93. The molecule has 0 aliphatic rings. The van der Waals surface area contributed by atoms with Gasteiger partial charge in [-0.2, -0.15) is 0 Å². The highest BCUT2D eigenvalue weighted by Gasteiger charge is 2.07. The molecule has 0 fully saturated rings. The summed E-state index contributed by atoms with van der Waals surface area (Å²) < 4.78 is 0. The highest BCUT2D eigenvalue weighted by Crippen LogP contribution is 2.19. The Labute approximate surface area is 104 Å². The number of hydrogen-bond donors (Lipinski definition) is 1. The molecule has 1 atom stereocenters. The van der Waals surface area contributed by atoms with Crippen molar-refractivity contribution in [1.82, 2.24) is 0 Å². The molecule has 0 aliphatic carbocycles. The molecule has 0 saturated carbocycles. The Balaban J connectivity index is 2.51. The topological polar surface area (TPSA) is 41.5 Å². The quantitative estimate of drug-likeness (QED) is 0.694. The predicted octanol–water partition coefficient (Wildman–Crippen LogP) is 4.71. The third-order valence-corrected chi connectivity index (χ3v) is 2.93. The minimum Gasteiger partial charge on any atom is -0.382 e. The van der Waals surface area contributed by atoms with Gasteiger partial charge < -0.3 is 5.32 Å². The second-order valence-electron chi connectivity index (χ2n) is 4.86. The van der Waals surface area contributed by atoms with Crippen LogP contribution in [0, 0.1) is 10.8 Å². The van der Waals surface area contributed by atoms with Crippen LogP contribution >= 0.6 is 0 Å². The van der Waals surface area contributed by atoms with Crippen LogP contribution in [-0.2, 0) is 0 Å². The van der Waals surface area contributed by atoms with Crippen LogP contribution in [0.2, 0.25) is 0 Å². The first-order valence-corrected chi connectivity index (χ1v) is 6.35. The number of nitrogens with zero attached hydrogens (tertiary/aromatic N) is 1. The molecule has 0 spiro atoms. The molecule has 3 heteroatoms. The molecular weight excluding hydrogens is 212 g/mol. The Hall–Kier alpha value is -1.38. The molecule has 0 aromatic heterocycles. The van der Waals surface area contributed by atoms with E-state index in [2.05, 4.69) is 31.3 Å². The molecule has 0 radical (unpaired) electrons. The lowest BCUT2D eigenvalue weighted by Crippen LogP contribution is -2.18. The van der Waals surface area contributed by atoms with Gasteiger partial charge in [-0.1, -0.05) is 20.8 Å². The summed E-state index contributed by atoms with van der Waals surface area (Å²) in [6, 6.07) is 7.81. The molecule has 0 bridgehead atoms. The molecule has 0 amide bonds. The molecular formula is C14H22N2O. The number of benzene rings is 1. The normalized spacial score (nSPS) is 12.5. The maximum absolute atomic E-state index is 10.3. The number of rotatable bonds is 7. The standard InChI is InChI=1S/C14H22N2O/c1-4-12(6-5-11(2)3)15-13-7-9-14(16-17)10-8-13/h7-12,15H,4-6H2,1-3H3. The third kappa shape index (κ3) is 4.98. The van der Waals surface area contributed by atoms with Crippen LogP contribution in [0.25, 0.3) is 0 Å². The zero-order valence-corrected chi connectivity index (χ0v) is 10.9. The van der Waals surface area contributed by atoms with Crippen molar-refractivity contribution in [2.24, 2.45) is 11.1 Å². The van der Waals surface area contributed by atoms with Crippen molar-refractivity contribution in [3.05, 3.63) is 29.2 Å². The molecule has 0 aliphatic heterocycles. The zero-order valence-electron chi connectivity index (χ0n) is 10.9. The predicted molar refractivity (Wildman–Crippen MR) is 73.7 cm³/mol. The van der Waals surface area contributed by atoms with Gasteiger partial charge >= 0.3 is 0 Å². The highest BCUT2D eigenvalue weighted by molar-refractivity contribution is 5.51. The van der Waals surface area contributed by atoms with Crippen molar-refractivity contribution >= 4 is 11.4 Å². The van der Waals surface area contributed by atoms with Gasteiger partial charge in [0.2, 0.25) is 0 Å². The first-order chi connectivity index (χ1) is 8.15. The number of hydrogen-bond acceptors (Lipinski definition) is 3. The van der Waals surface area contributed by atoms with Crippen molar-refractivity contribution < 1.29 is 0 Å². The lowest BCUT2D eigenvalue weighted by molar-refractivity contribution is 0.506. The van der Waals surface area contributed by atoms with E-state index in [4.69, 9.17) is 0 Å². The number of nitroso groups, excluding NO2 is 1. The summed E-state index contributed by atoms with van der Waals surface area (Å²) in [5, 5.41) is 6.38.